The van der Waals surface area contributed by atoms with Gasteiger partial charge in [0.1, 0.15) is 57.4 Å². The van der Waals surface area contributed by atoms with Crippen molar-refractivity contribution in [3.05, 3.63) is 285 Å². The molecule has 0 radical (unpaired) electrons. The lowest BCUT2D eigenvalue weighted by atomic mass is 9.81. The fourth-order valence-corrected chi connectivity index (χ4v) is 13.3. The summed E-state index contributed by atoms with van der Waals surface area (Å²) >= 11 is 2.57. The van der Waals surface area contributed by atoms with Crippen LogP contribution in [-0.4, -0.2) is 94.6 Å². The average Bonchev–Trinajstić information content (AvgIpc) is 1.54. The quantitative estimate of drug-likeness (QED) is 0.157. The van der Waals surface area contributed by atoms with Crippen LogP contribution in [0.3, 0.4) is 0 Å². The van der Waals surface area contributed by atoms with Crippen LogP contribution in [0, 0.1) is 104 Å². The molecule has 7 heterocycles. The van der Waals surface area contributed by atoms with E-state index in [4.69, 9.17) is 9.41 Å². The Labute approximate surface area is 609 Å². The molecule has 2 unspecified atom stereocenters. The van der Waals surface area contributed by atoms with Crippen LogP contribution in [0.5, 0.6) is 0 Å². The number of likely N-dealkylation sites (N-methyl/N-ethyl adjacent to an activating group) is 1. The number of aliphatic imine (C=N–C) groups is 1. The first-order valence-corrected chi connectivity index (χ1v) is 36.6. The van der Waals surface area contributed by atoms with Crippen molar-refractivity contribution < 1.29 is 12.8 Å². The van der Waals surface area contributed by atoms with Gasteiger partial charge in [-0.05, 0) is 196 Å². The van der Waals surface area contributed by atoms with Crippen LogP contribution >= 0.6 is 23.5 Å². The van der Waals surface area contributed by atoms with E-state index in [2.05, 4.69) is 208 Å². The smallest absolute Gasteiger partial charge is 0.213 e. The summed E-state index contributed by atoms with van der Waals surface area (Å²) in [6, 6.07) is 58.2. The second-order valence-electron chi connectivity index (χ2n) is 24.2. The second-order valence-corrected chi connectivity index (χ2v) is 27.3. The first-order valence-electron chi connectivity index (χ1n) is 33.6. The number of pyridine rings is 1. The monoisotopic (exact) mass is 1420 g/mol. The Morgan fingerprint density at radius 1 is 0.412 bits per heavy atom. The van der Waals surface area contributed by atoms with Crippen molar-refractivity contribution >= 4 is 71.8 Å². The van der Waals surface area contributed by atoms with Crippen LogP contribution in [0.4, 0.5) is 0 Å². The largest absolute Gasteiger partial charge is 0.426 e. The normalized spacial score (nSPS) is 12.8. The van der Waals surface area contributed by atoms with E-state index in [-0.39, 0.29) is 6.17 Å². The molecular weight excluding hydrogens is 1330 g/mol. The first-order chi connectivity index (χ1) is 48.8. The van der Waals surface area contributed by atoms with Crippen molar-refractivity contribution in [2.45, 2.75) is 147 Å². The van der Waals surface area contributed by atoms with Crippen LogP contribution in [0.1, 0.15) is 123 Å². The highest BCUT2D eigenvalue weighted by Gasteiger charge is 2.38. The van der Waals surface area contributed by atoms with Gasteiger partial charge >= 0.3 is 0 Å². The third-order valence-electron chi connectivity index (χ3n) is 16.4. The Kier molecular flexibility index (Phi) is 29.4. The van der Waals surface area contributed by atoms with Crippen LogP contribution in [0.25, 0.3) is 44.0 Å². The molecule has 18 nitrogen and oxygen atoms in total. The van der Waals surface area contributed by atoms with Crippen molar-refractivity contribution in [3.63, 3.8) is 0 Å². The van der Waals surface area contributed by atoms with Gasteiger partial charge in [0.25, 0.3) is 0 Å². The van der Waals surface area contributed by atoms with Crippen LogP contribution in [0.15, 0.2) is 208 Å². The fourth-order valence-electron chi connectivity index (χ4n) is 10.7. The zero-order valence-electron chi connectivity index (χ0n) is 62.2. The van der Waals surface area contributed by atoms with Gasteiger partial charge in [0.2, 0.25) is 21.6 Å². The third kappa shape index (κ3) is 21.4. The van der Waals surface area contributed by atoms with E-state index in [9.17, 15) is 8.42 Å². The number of aryl methyl sites for hydroxylation is 15. The minimum atomic E-state index is -3.37. The molecule has 1 aliphatic carbocycles. The van der Waals surface area contributed by atoms with E-state index in [1.807, 2.05) is 111 Å². The summed E-state index contributed by atoms with van der Waals surface area (Å²) in [6.45, 7) is 35.5. The zero-order valence-corrected chi connectivity index (χ0v) is 64.7. The Balaban J connectivity index is 0.000000164. The highest BCUT2D eigenvalue weighted by Crippen LogP contribution is 2.44. The molecule has 102 heavy (non-hydrogen) atoms. The predicted octanol–water partition coefficient (Wildman–Crippen LogP) is 18.7. The molecular formula is C81H93N15O3S3. The molecule has 16 rings (SSSR count). The van der Waals surface area contributed by atoms with Gasteiger partial charge in [-0.1, -0.05) is 170 Å². The number of sulfone groups is 1. The fraction of sp³-hybridized carbons (Fsp3) is 0.272. The number of hydrogen-bond acceptors (Lipinski definition) is 19. The molecule has 21 heteroatoms. The minimum Gasteiger partial charge on any atom is -0.426 e. The molecule has 0 N–H and O–H groups in total. The highest BCUT2D eigenvalue weighted by atomic mass is 32.2. The molecule has 2 aliphatic rings. The zero-order chi connectivity index (χ0) is 74.2. The molecule has 0 saturated heterocycles. The summed E-state index contributed by atoms with van der Waals surface area (Å²) in [7, 11) is 0.740. The number of benzene rings is 8. The lowest BCUT2D eigenvalue weighted by Crippen LogP contribution is -2.31. The van der Waals surface area contributed by atoms with Gasteiger partial charge in [-0.2, -0.15) is 17.5 Å². The Morgan fingerprint density at radius 2 is 0.794 bits per heavy atom. The minimum absolute atomic E-state index is 0.249. The Hall–Kier alpha value is -10.3. The maximum Gasteiger partial charge on any atom is 0.213 e. The van der Waals surface area contributed by atoms with Gasteiger partial charge in [0.15, 0.2) is 0 Å². The van der Waals surface area contributed by atoms with Crippen LogP contribution < -0.4 is 0 Å². The Bertz CT molecular complexity index is 4850. The Morgan fingerprint density at radius 3 is 1.18 bits per heavy atom. The molecule has 0 spiro atoms. The predicted molar refractivity (Wildman–Crippen MR) is 417 cm³/mol. The number of nitrogens with zero attached hydrogens (tertiary/aromatic N) is 15. The summed E-state index contributed by atoms with van der Waals surface area (Å²) < 4.78 is 48.5. The molecule has 1 aliphatic heterocycles. The lowest BCUT2D eigenvalue weighted by Gasteiger charge is -2.30. The van der Waals surface area contributed by atoms with Gasteiger partial charge in [-0.25, -0.2) is 23.4 Å². The van der Waals surface area contributed by atoms with Crippen LogP contribution in [0.2, 0.25) is 0 Å². The van der Waals surface area contributed by atoms with Gasteiger partial charge in [0.05, 0.1) is 45.0 Å². The second kappa shape index (κ2) is 37.9. The molecule has 528 valence electrons. The molecule has 8 aromatic carbocycles. The van der Waals surface area contributed by atoms with Crippen molar-refractivity contribution in [2.75, 3.05) is 7.05 Å². The molecule has 14 aromatic rings. The maximum atomic E-state index is 12.3. The maximum absolute atomic E-state index is 12.3. The number of aromatic nitrogens is 13. The van der Waals surface area contributed by atoms with Gasteiger partial charge < -0.3 is 8.98 Å². The SMILES string of the molecule is CC.CC1N=C2c3ccccc3-c3ccccc3C2N1C.Cc1c2ccccc2c(C)c2nsnc12.Cc1ccc(C)c2nsnc12.Cc1ccc(S(=O)(=O)c2ccc(C)cc2)cc1.Cc1ccccc1.Cc1ccncc1.Cc1nc(C)nc(C)n1.Cc1nnc(C)n1C.Cc1nnc(C)o1. The van der Waals surface area contributed by atoms with E-state index in [0.717, 1.165) is 62.3 Å². The number of rotatable bonds is 2. The van der Waals surface area contributed by atoms with Gasteiger partial charge in [0, 0.05) is 38.9 Å². The molecule has 0 fully saturated rings. The van der Waals surface area contributed by atoms with Crippen molar-refractivity contribution in [2.24, 2.45) is 12.0 Å². The highest BCUT2D eigenvalue weighted by molar-refractivity contribution is 7.91. The summed E-state index contributed by atoms with van der Waals surface area (Å²) in [5.74, 6) is 5.54. The molecule has 0 bridgehead atoms. The number of fused-ring (bicyclic) bond motifs is 9. The van der Waals surface area contributed by atoms with E-state index < -0.39 is 9.84 Å². The topological polar surface area (TPSA) is 222 Å². The number of hydrogen-bond donors (Lipinski definition) is 0. The van der Waals surface area contributed by atoms with E-state index >= 15 is 0 Å². The van der Waals surface area contributed by atoms with Crippen molar-refractivity contribution in [1.29, 1.82) is 0 Å². The van der Waals surface area contributed by atoms with Crippen molar-refractivity contribution in [1.82, 2.24) is 67.3 Å². The standard InChI is InChI=1S/C17H16N2.C14H14O2S.C12H10N2S.C8H8N2S.C7H8.C6H9N3.C6H7N.C5H9N3.C4H6N2O.C2H6/c1-11-18-16-14-9-5-3-7-12(14)13-8-4-6-10-15(13)17(16)19(11)2;1-11-3-7-13(8-4-11)17(15,16)14-9-5-12(2)6-10-14;1-7-9-5-3-4-6-10(9)8(2)12-11(7)13-15-14-12;1-5-3-4-6(2)8-7(5)9-11-10-8;1-7-5-3-2-4-6-7;1-4-7-5(2)9-6(3)8-4;1-6-2-4-7-5-3-6;1-4-6-7-5(2)8(4)3;1-3-5-6-4(2)7-3;1-2/h3-11,17H,1-2H3;3-10H,1-2H3;3-6H,1-2H3;3-4H,1-2H3;2-6H,1H3;1-3H3;2-5H,1H3;1-3H3;1-2H3;1-2H3. The molecule has 0 saturated carbocycles. The average molecular weight is 1420 g/mol. The summed E-state index contributed by atoms with van der Waals surface area (Å²) in [4.78, 5) is 23.8. The molecule has 0 amide bonds. The van der Waals surface area contributed by atoms with E-state index in [1.165, 1.54) is 95.6 Å². The lowest BCUT2D eigenvalue weighted by molar-refractivity contribution is 0.263. The van der Waals surface area contributed by atoms with E-state index in [1.54, 1.807) is 74.8 Å². The first kappa shape index (κ1) is 79.0. The summed E-state index contributed by atoms with van der Waals surface area (Å²) in [5.41, 5.74) is 20.3. The summed E-state index contributed by atoms with van der Waals surface area (Å²) in [5, 5.41) is 17.4. The summed E-state index contributed by atoms with van der Waals surface area (Å²) in [6.07, 6.45) is 3.82. The third-order valence-corrected chi connectivity index (χ3v) is 19.3. The molecule has 2 atom stereocenters. The van der Waals surface area contributed by atoms with Gasteiger partial charge in [-0.15, -0.1) is 20.4 Å². The van der Waals surface area contributed by atoms with Crippen molar-refractivity contribution in [3.8, 4) is 11.1 Å². The van der Waals surface area contributed by atoms with Crippen LogP contribution in [-0.2, 0) is 16.9 Å². The van der Waals surface area contributed by atoms with Gasteiger partial charge in [-0.3, -0.25) is 14.9 Å². The molecule has 6 aromatic heterocycles. The van der Waals surface area contributed by atoms with E-state index in [0.29, 0.717) is 27.6 Å².